The maximum absolute atomic E-state index is 10.9. The SMILES string of the molecule is COc1cc(OC)cc(C2(O)C3CCCCC32)c1. The predicted octanol–water partition coefficient (Wildman–Crippen LogP) is 2.71. The standard InChI is InChI=1S/C15H20O3/c1-17-11-7-10(8-12(9-11)18-2)15(16)13-5-3-4-6-14(13)15/h7-9,13-14,16H,3-6H2,1-2H3. The summed E-state index contributed by atoms with van der Waals surface area (Å²) in [6, 6.07) is 5.74. The second-order valence-corrected chi connectivity index (χ2v) is 5.42. The van der Waals surface area contributed by atoms with E-state index in [2.05, 4.69) is 0 Å². The lowest BCUT2D eigenvalue weighted by Gasteiger charge is -2.14. The Morgan fingerprint density at radius 3 is 1.94 bits per heavy atom. The minimum Gasteiger partial charge on any atom is -0.497 e. The van der Waals surface area contributed by atoms with Gasteiger partial charge in [-0.25, -0.2) is 0 Å². The smallest absolute Gasteiger partial charge is 0.122 e. The molecule has 0 aromatic heterocycles. The van der Waals surface area contributed by atoms with E-state index in [-0.39, 0.29) is 0 Å². The molecule has 1 N–H and O–H groups in total. The molecule has 98 valence electrons. The first-order valence-corrected chi connectivity index (χ1v) is 6.66. The highest BCUT2D eigenvalue weighted by molar-refractivity contribution is 5.44. The highest BCUT2D eigenvalue weighted by Crippen LogP contribution is 2.64. The molecule has 2 aliphatic carbocycles. The highest BCUT2D eigenvalue weighted by atomic mass is 16.5. The molecule has 0 radical (unpaired) electrons. The number of benzene rings is 1. The summed E-state index contributed by atoms with van der Waals surface area (Å²) in [5.41, 5.74) is 0.314. The van der Waals surface area contributed by atoms with E-state index in [1.807, 2.05) is 18.2 Å². The van der Waals surface area contributed by atoms with Crippen LogP contribution in [0.3, 0.4) is 0 Å². The third-order valence-corrected chi connectivity index (χ3v) is 4.60. The Kier molecular flexibility index (Phi) is 2.74. The highest BCUT2D eigenvalue weighted by Gasteiger charge is 2.64. The molecule has 2 unspecified atom stereocenters. The zero-order valence-corrected chi connectivity index (χ0v) is 11.0. The van der Waals surface area contributed by atoms with Gasteiger partial charge in [-0.3, -0.25) is 0 Å². The van der Waals surface area contributed by atoms with Crippen LogP contribution in [0.4, 0.5) is 0 Å². The Bertz CT molecular complexity index is 421. The predicted molar refractivity (Wildman–Crippen MR) is 68.9 cm³/mol. The lowest BCUT2D eigenvalue weighted by molar-refractivity contribution is 0.117. The fraction of sp³-hybridized carbons (Fsp3) is 0.600. The molecule has 3 rings (SSSR count). The van der Waals surface area contributed by atoms with Gasteiger partial charge in [0, 0.05) is 6.07 Å². The van der Waals surface area contributed by atoms with Gasteiger partial charge < -0.3 is 14.6 Å². The number of hydrogen-bond donors (Lipinski definition) is 1. The van der Waals surface area contributed by atoms with Gasteiger partial charge in [-0.2, -0.15) is 0 Å². The van der Waals surface area contributed by atoms with Gasteiger partial charge in [0.05, 0.1) is 19.8 Å². The van der Waals surface area contributed by atoms with Crippen LogP contribution < -0.4 is 9.47 Å². The van der Waals surface area contributed by atoms with Gasteiger partial charge in [0.15, 0.2) is 0 Å². The van der Waals surface area contributed by atoms with Crippen molar-refractivity contribution in [3.8, 4) is 11.5 Å². The average molecular weight is 248 g/mol. The average Bonchev–Trinajstić information content (AvgIpc) is 3.06. The van der Waals surface area contributed by atoms with E-state index in [0.29, 0.717) is 11.8 Å². The minimum absolute atomic E-state index is 0.433. The minimum atomic E-state index is -0.641. The van der Waals surface area contributed by atoms with Crippen molar-refractivity contribution in [2.24, 2.45) is 11.8 Å². The molecular weight excluding hydrogens is 228 g/mol. The molecule has 2 fully saturated rings. The molecule has 1 aromatic rings. The van der Waals surface area contributed by atoms with Crippen molar-refractivity contribution in [2.75, 3.05) is 14.2 Å². The Labute approximate surface area is 108 Å². The molecule has 2 atom stereocenters. The maximum Gasteiger partial charge on any atom is 0.122 e. The zero-order valence-electron chi connectivity index (χ0n) is 11.0. The summed E-state index contributed by atoms with van der Waals surface area (Å²) in [5, 5.41) is 10.9. The first-order valence-electron chi connectivity index (χ1n) is 6.66. The molecule has 0 saturated heterocycles. The van der Waals surface area contributed by atoms with Crippen LogP contribution in [0, 0.1) is 11.8 Å². The van der Waals surface area contributed by atoms with Crippen LogP contribution in [0.1, 0.15) is 31.2 Å². The maximum atomic E-state index is 10.9. The molecular formula is C15H20O3. The number of ether oxygens (including phenoxy) is 2. The van der Waals surface area contributed by atoms with E-state index in [1.54, 1.807) is 14.2 Å². The third-order valence-electron chi connectivity index (χ3n) is 4.60. The Balaban J connectivity index is 1.96. The number of fused-ring (bicyclic) bond motifs is 1. The van der Waals surface area contributed by atoms with Gasteiger partial charge in [0.1, 0.15) is 11.5 Å². The van der Waals surface area contributed by atoms with Crippen LogP contribution in [0.2, 0.25) is 0 Å². The second kappa shape index (κ2) is 4.16. The van der Waals surface area contributed by atoms with E-state index >= 15 is 0 Å². The number of methoxy groups -OCH3 is 2. The van der Waals surface area contributed by atoms with Gasteiger partial charge in [-0.1, -0.05) is 12.8 Å². The molecule has 3 heteroatoms. The van der Waals surface area contributed by atoms with Crippen molar-refractivity contribution in [1.82, 2.24) is 0 Å². The van der Waals surface area contributed by atoms with Crippen molar-refractivity contribution >= 4 is 0 Å². The first-order chi connectivity index (χ1) is 8.70. The van der Waals surface area contributed by atoms with E-state index in [4.69, 9.17) is 9.47 Å². The molecule has 18 heavy (non-hydrogen) atoms. The van der Waals surface area contributed by atoms with E-state index in [9.17, 15) is 5.11 Å². The van der Waals surface area contributed by atoms with Crippen molar-refractivity contribution in [2.45, 2.75) is 31.3 Å². The largest absolute Gasteiger partial charge is 0.497 e. The van der Waals surface area contributed by atoms with Crippen molar-refractivity contribution in [1.29, 1.82) is 0 Å². The number of hydrogen-bond acceptors (Lipinski definition) is 3. The first kappa shape index (κ1) is 11.8. The Morgan fingerprint density at radius 1 is 1.00 bits per heavy atom. The Hall–Kier alpha value is -1.22. The Morgan fingerprint density at radius 2 is 1.50 bits per heavy atom. The summed E-state index contributed by atoms with van der Waals surface area (Å²) in [4.78, 5) is 0. The topological polar surface area (TPSA) is 38.7 Å². The fourth-order valence-corrected chi connectivity index (χ4v) is 3.56. The van der Waals surface area contributed by atoms with E-state index in [0.717, 1.165) is 29.9 Å². The van der Waals surface area contributed by atoms with E-state index in [1.165, 1.54) is 12.8 Å². The lowest BCUT2D eigenvalue weighted by atomic mass is 10.0. The van der Waals surface area contributed by atoms with Crippen LogP contribution >= 0.6 is 0 Å². The third kappa shape index (κ3) is 1.61. The normalized spacial score (nSPS) is 33.7. The van der Waals surface area contributed by atoms with Gasteiger partial charge in [0.2, 0.25) is 0 Å². The number of aliphatic hydroxyl groups is 1. The van der Waals surface area contributed by atoms with Gasteiger partial charge in [-0.05, 0) is 42.4 Å². The monoisotopic (exact) mass is 248 g/mol. The fourth-order valence-electron chi connectivity index (χ4n) is 3.56. The molecule has 0 amide bonds. The van der Waals surface area contributed by atoms with Crippen LogP contribution in [-0.4, -0.2) is 19.3 Å². The molecule has 0 spiro atoms. The molecule has 0 bridgehead atoms. The zero-order chi connectivity index (χ0) is 12.8. The molecule has 2 saturated carbocycles. The van der Waals surface area contributed by atoms with Gasteiger partial charge in [-0.15, -0.1) is 0 Å². The molecule has 0 aliphatic heterocycles. The van der Waals surface area contributed by atoms with Crippen LogP contribution in [0.15, 0.2) is 18.2 Å². The summed E-state index contributed by atoms with van der Waals surface area (Å²) >= 11 is 0. The summed E-state index contributed by atoms with van der Waals surface area (Å²) in [6.45, 7) is 0. The van der Waals surface area contributed by atoms with Crippen LogP contribution in [0.5, 0.6) is 11.5 Å². The van der Waals surface area contributed by atoms with Gasteiger partial charge >= 0.3 is 0 Å². The van der Waals surface area contributed by atoms with Crippen LogP contribution in [-0.2, 0) is 5.60 Å². The summed E-state index contributed by atoms with van der Waals surface area (Å²) in [7, 11) is 3.28. The summed E-state index contributed by atoms with van der Waals surface area (Å²) in [5.74, 6) is 2.37. The molecule has 3 nitrogen and oxygen atoms in total. The van der Waals surface area contributed by atoms with Crippen molar-refractivity contribution < 1.29 is 14.6 Å². The lowest BCUT2D eigenvalue weighted by Crippen LogP contribution is -2.10. The van der Waals surface area contributed by atoms with Crippen molar-refractivity contribution in [3.05, 3.63) is 23.8 Å². The summed E-state index contributed by atoms with van der Waals surface area (Å²) < 4.78 is 10.6. The second-order valence-electron chi connectivity index (χ2n) is 5.42. The molecule has 1 aromatic carbocycles. The van der Waals surface area contributed by atoms with E-state index < -0.39 is 5.60 Å². The van der Waals surface area contributed by atoms with Crippen molar-refractivity contribution in [3.63, 3.8) is 0 Å². The van der Waals surface area contributed by atoms with Crippen LogP contribution in [0.25, 0.3) is 0 Å². The summed E-state index contributed by atoms with van der Waals surface area (Å²) in [6.07, 6.45) is 4.76. The number of rotatable bonds is 3. The van der Waals surface area contributed by atoms with Gasteiger partial charge in [0.25, 0.3) is 0 Å². The quantitative estimate of drug-likeness (QED) is 0.894. The molecule has 2 aliphatic rings. The molecule has 0 heterocycles.